The van der Waals surface area contributed by atoms with Crippen molar-refractivity contribution < 1.29 is 13.2 Å². The van der Waals surface area contributed by atoms with Crippen molar-refractivity contribution in [1.29, 1.82) is 0 Å². The van der Waals surface area contributed by atoms with Crippen molar-refractivity contribution >= 4 is 16.1 Å². The molecule has 2 fully saturated rings. The molecule has 1 unspecified atom stereocenters. The van der Waals surface area contributed by atoms with Gasteiger partial charge < -0.3 is 4.90 Å². The summed E-state index contributed by atoms with van der Waals surface area (Å²) in [5.41, 5.74) is 2.30. The molecule has 0 aromatic heterocycles. The van der Waals surface area contributed by atoms with E-state index in [1.807, 2.05) is 23.1 Å². The van der Waals surface area contributed by atoms with E-state index in [1.165, 1.54) is 9.87 Å². The lowest BCUT2D eigenvalue weighted by atomic mass is 10.0. The Labute approximate surface area is 155 Å². The molecular weight excluding hydrogens is 350 g/mol. The fraction of sp³-hybridized carbons (Fsp3) is 0.632. The molecule has 1 aromatic rings. The van der Waals surface area contributed by atoms with Crippen molar-refractivity contribution in [2.45, 2.75) is 51.1 Å². The van der Waals surface area contributed by atoms with E-state index in [4.69, 9.17) is 0 Å². The van der Waals surface area contributed by atoms with Gasteiger partial charge in [-0.15, -0.1) is 0 Å². The normalized spacial score (nSPS) is 25.2. The smallest absolute Gasteiger partial charge is 0.283 e. The largest absolute Gasteiger partial charge is 0.341 e. The Bertz CT molecular complexity index is 774. The standard InChI is InChI=1S/C19H27N3O3S/c23-19(20-11-5-6-12-20)18-9-3-4-13-22(18)26(24,25)21-14-10-16-7-1-2-8-17(16)15-21/h1-2,7-8,18H,3-6,9-15H2. The summed E-state index contributed by atoms with van der Waals surface area (Å²) in [6.45, 7) is 2.87. The van der Waals surface area contributed by atoms with E-state index >= 15 is 0 Å². The average molecular weight is 378 g/mol. The number of rotatable bonds is 3. The third-order valence-corrected chi connectivity index (χ3v) is 7.87. The summed E-state index contributed by atoms with van der Waals surface area (Å²) in [5.74, 6) is 0.00295. The van der Waals surface area contributed by atoms with Crippen molar-refractivity contribution in [3.8, 4) is 0 Å². The summed E-state index contributed by atoms with van der Waals surface area (Å²) in [7, 11) is -3.63. The molecule has 6 nitrogen and oxygen atoms in total. The van der Waals surface area contributed by atoms with Gasteiger partial charge >= 0.3 is 0 Å². The Balaban J connectivity index is 1.56. The molecule has 0 spiro atoms. The van der Waals surface area contributed by atoms with Crippen LogP contribution in [0.5, 0.6) is 0 Å². The number of hydrogen-bond donors (Lipinski definition) is 0. The van der Waals surface area contributed by atoms with Crippen LogP contribution in [0.4, 0.5) is 0 Å². The Hall–Kier alpha value is -1.44. The Morgan fingerprint density at radius 2 is 1.62 bits per heavy atom. The summed E-state index contributed by atoms with van der Waals surface area (Å²) < 4.78 is 29.8. The molecule has 0 saturated carbocycles. The number of hydrogen-bond acceptors (Lipinski definition) is 3. The van der Waals surface area contributed by atoms with Crippen LogP contribution in [0.15, 0.2) is 24.3 Å². The van der Waals surface area contributed by atoms with Gasteiger partial charge in [0.05, 0.1) is 0 Å². The number of piperidine rings is 1. The van der Waals surface area contributed by atoms with Crippen molar-refractivity contribution in [3.05, 3.63) is 35.4 Å². The Morgan fingerprint density at radius 3 is 2.38 bits per heavy atom. The van der Waals surface area contributed by atoms with Crippen LogP contribution in [-0.2, 0) is 28.0 Å². The first-order chi connectivity index (χ1) is 12.6. The van der Waals surface area contributed by atoms with Crippen molar-refractivity contribution in [2.75, 3.05) is 26.2 Å². The van der Waals surface area contributed by atoms with E-state index in [-0.39, 0.29) is 5.91 Å². The fourth-order valence-corrected chi connectivity index (χ4v) is 6.19. The summed E-state index contributed by atoms with van der Waals surface area (Å²) in [4.78, 5) is 14.8. The van der Waals surface area contributed by atoms with Crippen LogP contribution in [0.1, 0.15) is 43.2 Å². The molecule has 0 radical (unpaired) electrons. The number of carbonyl (C=O) groups excluding carboxylic acids is 1. The molecule has 3 heterocycles. The molecule has 1 aromatic carbocycles. The quantitative estimate of drug-likeness (QED) is 0.807. The highest BCUT2D eigenvalue weighted by Crippen LogP contribution is 2.28. The zero-order chi connectivity index (χ0) is 18.1. The Kier molecular flexibility index (Phi) is 5.03. The van der Waals surface area contributed by atoms with Crippen LogP contribution in [-0.4, -0.2) is 60.1 Å². The van der Waals surface area contributed by atoms with Gasteiger partial charge in [0, 0.05) is 32.7 Å². The second-order valence-electron chi connectivity index (χ2n) is 7.51. The van der Waals surface area contributed by atoms with Gasteiger partial charge in [-0.3, -0.25) is 4.79 Å². The summed E-state index contributed by atoms with van der Waals surface area (Å²) >= 11 is 0. The van der Waals surface area contributed by atoms with Crippen molar-refractivity contribution in [3.63, 3.8) is 0 Å². The number of benzene rings is 1. The number of nitrogens with zero attached hydrogens (tertiary/aromatic N) is 3. The predicted octanol–water partition coefficient (Wildman–Crippen LogP) is 1.77. The van der Waals surface area contributed by atoms with Crippen LogP contribution in [0.25, 0.3) is 0 Å². The molecule has 1 atom stereocenters. The first kappa shape index (κ1) is 17.9. The van der Waals surface area contributed by atoms with Crippen LogP contribution >= 0.6 is 0 Å². The maximum atomic E-state index is 13.4. The fourth-order valence-electron chi connectivity index (χ4n) is 4.39. The zero-order valence-electron chi connectivity index (χ0n) is 15.1. The molecule has 142 valence electrons. The van der Waals surface area contributed by atoms with Crippen LogP contribution in [0.2, 0.25) is 0 Å². The lowest BCUT2D eigenvalue weighted by Gasteiger charge is -2.39. The SMILES string of the molecule is O=C(C1CCCCN1S(=O)(=O)N1CCc2ccccc2C1)N1CCCC1. The molecule has 26 heavy (non-hydrogen) atoms. The number of carbonyl (C=O) groups is 1. The maximum absolute atomic E-state index is 13.4. The monoisotopic (exact) mass is 377 g/mol. The molecule has 4 rings (SSSR count). The van der Waals surface area contributed by atoms with E-state index < -0.39 is 16.3 Å². The molecule has 0 N–H and O–H groups in total. The number of fused-ring (bicyclic) bond motifs is 1. The minimum absolute atomic E-state index is 0.00295. The predicted molar refractivity (Wildman–Crippen MR) is 99.6 cm³/mol. The highest BCUT2D eigenvalue weighted by Gasteiger charge is 2.42. The van der Waals surface area contributed by atoms with Crippen molar-refractivity contribution in [1.82, 2.24) is 13.5 Å². The number of likely N-dealkylation sites (tertiary alicyclic amines) is 1. The lowest BCUT2D eigenvalue weighted by Crippen LogP contribution is -2.56. The van der Waals surface area contributed by atoms with Gasteiger partial charge in [-0.2, -0.15) is 17.0 Å². The Morgan fingerprint density at radius 1 is 0.923 bits per heavy atom. The van der Waals surface area contributed by atoms with Crippen LogP contribution < -0.4 is 0 Å². The minimum Gasteiger partial charge on any atom is -0.341 e. The van der Waals surface area contributed by atoms with E-state index in [1.54, 1.807) is 4.31 Å². The van der Waals surface area contributed by atoms with Crippen molar-refractivity contribution in [2.24, 2.45) is 0 Å². The summed E-state index contributed by atoms with van der Waals surface area (Å²) in [5, 5.41) is 0. The summed E-state index contributed by atoms with van der Waals surface area (Å²) in [6, 6.07) is 7.50. The molecular formula is C19H27N3O3S. The van der Waals surface area contributed by atoms with Crippen LogP contribution in [0.3, 0.4) is 0 Å². The third kappa shape index (κ3) is 3.28. The third-order valence-electron chi connectivity index (χ3n) is 5.87. The molecule has 1 amide bonds. The first-order valence-electron chi connectivity index (χ1n) is 9.70. The second-order valence-corrected chi connectivity index (χ2v) is 9.40. The maximum Gasteiger partial charge on any atom is 0.283 e. The first-order valence-corrected chi connectivity index (χ1v) is 11.1. The molecule has 0 bridgehead atoms. The highest BCUT2D eigenvalue weighted by molar-refractivity contribution is 7.86. The molecule has 3 aliphatic rings. The summed E-state index contributed by atoms with van der Waals surface area (Å²) in [6.07, 6.45) is 5.15. The van der Waals surface area contributed by atoms with Gasteiger partial charge in [-0.25, -0.2) is 0 Å². The van der Waals surface area contributed by atoms with Gasteiger partial charge in [0.25, 0.3) is 10.2 Å². The van der Waals surface area contributed by atoms with Gasteiger partial charge in [0.2, 0.25) is 5.91 Å². The van der Waals surface area contributed by atoms with E-state index in [0.717, 1.165) is 50.8 Å². The molecule has 3 aliphatic heterocycles. The lowest BCUT2D eigenvalue weighted by molar-refractivity contribution is -0.135. The highest BCUT2D eigenvalue weighted by atomic mass is 32.2. The topological polar surface area (TPSA) is 60.9 Å². The van der Waals surface area contributed by atoms with Gasteiger partial charge in [-0.1, -0.05) is 30.7 Å². The van der Waals surface area contributed by atoms with Gasteiger partial charge in [0.1, 0.15) is 6.04 Å². The second kappa shape index (κ2) is 7.29. The van der Waals surface area contributed by atoms with E-state index in [9.17, 15) is 13.2 Å². The van der Waals surface area contributed by atoms with Gasteiger partial charge in [-0.05, 0) is 43.2 Å². The average Bonchev–Trinajstić information content (AvgIpc) is 3.22. The van der Waals surface area contributed by atoms with E-state index in [0.29, 0.717) is 26.1 Å². The zero-order valence-corrected chi connectivity index (χ0v) is 16.0. The van der Waals surface area contributed by atoms with Crippen LogP contribution in [0, 0.1) is 0 Å². The van der Waals surface area contributed by atoms with Gasteiger partial charge in [0.15, 0.2) is 0 Å². The van der Waals surface area contributed by atoms with E-state index in [2.05, 4.69) is 6.07 Å². The molecule has 2 saturated heterocycles. The molecule has 0 aliphatic carbocycles. The number of amides is 1. The molecule has 7 heteroatoms. The minimum atomic E-state index is -3.63.